The maximum absolute atomic E-state index is 13.5. The lowest BCUT2D eigenvalue weighted by atomic mass is 9.68. The minimum Gasteiger partial charge on any atom is -0.373 e. The summed E-state index contributed by atoms with van der Waals surface area (Å²) in [5.74, 6) is -4.70. The third-order valence-electron chi connectivity index (χ3n) is 7.26. The zero-order chi connectivity index (χ0) is 24.3. The summed E-state index contributed by atoms with van der Waals surface area (Å²) in [7, 11) is 0. The first-order valence-corrected chi connectivity index (χ1v) is 10.9. The predicted octanol–water partition coefficient (Wildman–Crippen LogP) is 8.26. The molecule has 2 aliphatic carbocycles. The van der Waals surface area contributed by atoms with E-state index in [1.54, 1.807) is 0 Å². The molecule has 0 bridgehead atoms. The van der Waals surface area contributed by atoms with E-state index in [4.69, 9.17) is 0 Å². The molecule has 0 radical (unpaired) electrons. The summed E-state index contributed by atoms with van der Waals surface area (Å²) in [6, 6.07) is 0. The topological polar surface area (TPSA) is 20.2 Å². The molecule has 0 aromatic heterocycles. The molecule has 186 valence electrons. The molecule has 1 nitrogen and oxygen atoms in total. The van der Waals surface area contributed by atoms with Gasteiger partial charge in [-0.3, -0.25) is 0 Å². The molecule has 10 heteroatoms. The van der Waals surface area contributed by atoms with Crippen molar-refractivity contribution in [2.24, 2.45) is 23.7 Å². The lowest BCUT2D eigenvalue weighted by Gasteiger charge is -2.40. The van der Waals surface area contributed by atoms with Gasteiger partial charge in [-0.05, 0) is 49.9 Å². The first kappa shape index (κ1) is 27.1. The highest BCUT2D eigenvalue weighted by Gasteiger charge is 2.73. The van der Waals surface area contributed by atoms with Crippen molar-refractivity contribution in [3.8, 4) is 0 Å². The van der Waals surface area contributed by atoms with Crippen molar-refractivity contribution in [3.05, 3.63) is 24.1 Å². The number of halogens is 9. The second-order valence-corrected chi connectivity index (χ2v) is 9.20. The fourth-order valence-electron chi connectivity index (χ4n) is 5.37. The van der Waals surface area contributed by atoms with Gasteiger partial charge in [0.25, 0.3) is 5.60 Å². The van der Waals surface area contributed by atoms with E-state index >= 15 is 0 Å². The summed E-state index contributed by atoms with van der Waals surface area (Å²) in [5.41, 5.74) is -5.34. The van der Waals surface area contributed by atoms with E-state index in [2.05, 4.69) is 6.58 Å². The Morgan fingerprint density at radius 3 is 1.66 bits per heavy atom. The molecule has 2 fully saturated rings. The summed E-state index contributed by atoms with van der Waals surface area (Å²) in [5, 5.41) is 9.71. The number of alkyl halides is 6. The quantitative estimate of drug-likeness (QED) is 0.287. The van der Waals surface area contributed by atoms with Crippen molar-refractivity contribution in [1.82, 2.24) is 0 Å². The summed E-state index contributed by atoms with van der Waals surface area (Å²) >= 11 is 0. The van der Waals surface area contributed by atoms with Crippen LogP contribution in [0.2, 0.25) is 0 Å². The fraction of sp³-hybridized carbons (Fsp3) is 0.818. The molecular formula is C22H29F9O. The molecule has 0 heterocycles. The van der Waals surface area contributed by atoms with E-state index in [-0.39, 0.29) is 5.57 Å². The van der Waals surface area contributed by atoms with Crippen LogP contribution >= 0.6 is 0 Å². The zero-order valence-electron chi connectivity index (χ0n) is 17.6. The van der Waals surface area contributed by atoms with Gasteiger partial charge in [-0.15, -0.1) is 0 Å². The van der Waals surface area contributed by atoms with Crippen LogP contribution in [0.15, 0.2) is 24.1 Å². The van der Waals surface area contributed by atoms with E-state index in [1.165, 1.54) is 6.42 Å². The number of hydrogen-bond donors (Lipinski definition) is 1. The monoisotopic (exact) mass is 480 g/mol. The van der Waals surface area contributed by atoms with Gasteiger partial charge in [0.1, 0.15) is 0 Å². The zero-order valence-corrected chi connectivity index (χ0v) is 17.6. The van der Waals surface area contributed by atoms with E-state index in [9.17, 15) is 44.6 Å². The van der Waals surface area contributed by atoms with Crippen LogP contribution in [0.4, 0.5) is 39.5 Å². The molecule has 2 aliphatic rings. The highest BCUT2D eigenvalue weighted by atomic mass is 19.4. The number of allylic oxidation sites excluding steroid dienone is 2. The Hall–Kier alpha value is -1.19. The van der Waals surface area contributed by atoms with Gasteiger partial charge in [-0.1, -0.05) is 44.3 Å². The minimum atomic E-state index is -6.23. The van der Waals surface area contributed by atoms with Crippen LogP contribution in [0.25, 0.3) is 0 Å². The molecule has 1 N–H and O–H groups in total. The lowest BCUT2D eigenvalue weighted by molar-refractivity contribution is -0.385. The average Bonchev–Trinajstić information content (AvgIpc) is 2.71. The van der Waals surface area contributed by atoms with Crippen LogP contribution in [-0.2, 0) is 0 Å². The number of hydrogen-bond acceptors (Lipinski definition) is 1. The van der Waals surface area contributed by atoms with Crippen molar-refractivity contribution in [3.63, 3.8) is 0 Å². The molecule has 32 heavy (non-hydrogen) atoms. The van der Waals surface area contributed by atoms with Gasteiger partial charge in [0.15, 0.2) is 5.83 Å². The number of aliphatic hydroxyl groups is 1. The van der Waals surface area contributed by atoms with Gasteiger partial charge in [0, 0.05) is 12.3 Å². The van der Waals surface area contributed by atoms with Crippen LogP contribution in [-0.4, -0.2) is 23.1 Å². The largest absolute Gasteiger partial charge is 0.426 e. The van der Waals surface area contributed by atoms with Crippen LogP contribution in [0.3, 0.4) is 0 Å². The summed E-state index contributed by atoms with van der Waals surface area (Å²) < 4.78 is 118. The Morgan fingerprint density at radius 2 is 1.22 bits per heavy atom. The third-order valence-corrected chi connectivity index (χ3v) is 7.26. The molecule has 1 unspecified atom stereocenters. The number of rotatable bonds is 7. The van der Waals surface area contributed by atoms with Crippen molar-refractivity contribution >= 4 is 0 Å². The Balaban J connectivity index is 2.17. The van der Waals surface area contributed by atoms with Crippen LogP contribution in [0, 0.1) is 23.7 Å². The average molecular weight is 480 g/mol. The van der Waals surface area contributed by atoms with Crippen molar-refractivity contribution in [2.45, 2.75) is 88.6 Å². The molecule has 0 aromatic carbocycles. The first-order chi connectivity index (χ1) is 14.7. The van der Waals surface area contributed by atoms with Crippen molar-refractivity contribution in [2.75, 3.05) is 0 Å². The van der Waals surface area contributed by atoms with Crippen molar-refractivity contribution < 1.29 is 44.6 Å². The van der Waals surface area contributed by atoms with Crippen LogP contribution in [0.5, 0.6) is 0 Å². The fourth-order valence-corrected chi connectivity index (χ4v) is 5.37. The lowest BCUT2D eigenvalue weighted by Crippen LogP contribution is -2.61. The second-order valence-electron chi connectivity index (χ2n) is 9.20. The Bertz CT molecular complexity index is 648. The van der Waals surface area contributed by atoms with Crippen LogP contribution in [0.1, 0.15) is 70.6 Å². The van der Waals surface area contributed by atoms with Gasteiger partial charge in [0.05, 0.1) is 0 Å². The van der Waals surface area contributed by atoms with Crippen LogP contribution < -0.4 is 0 Å². The highest BCUT2D eigenvalue weighted by molar-refractivity contribution is 5.12. The van der Waals surface area contributed by atoms with Gasteiger partial charge in [-0.2, -0.15) is 35.1 Å². The summed E-state index contributed by atoms with van der Waals surface area (Å²) in [6.07, 6.45) is -10.2. The standard InChI is InChI=1S/C22H29F9O/c1-13(14-7-9-16(10-8-14)15-5-3-2-4-6-15)11-17(12-18(23)19(24)25)20(32,21(26,27)28)22(29,30)31/h14-17,32H,1-12H2. The predicted molar refractivity (Wildman–Crippen MR) is 101 cm³/mol. The van der Waals surface area contributed by atoms with Gasteiger partial charge < -0.3 is 5.11 Å². The van der Waals surface area contributed by atoms with E-state index < -0.39 is 54.5 Å². The smallest absolute Gasteiger partial charge is 0.373 e. The summed E-state index contributed by atoms with van der Waals surface area (Å²) in [6.45, 7) is 3.61. The Kier molecular flexibility index (Phi) is 8.78. The maximum Gasteiger partial charge on any atom is 0.426 e. The molecule has 0 saturated heterocycles. The SMILES string of the molecule is C=C(CC(CC(F)=C(F)F)C(O)(C(F)(F)F)C(F)(F)F)C1CCC(C2CCCCC2)CC1. The Labute approximate surface area is 181 Å². The van der Waals surface area contributed by atoms with E-state index in [1.807, 2.05) is 0 Å². The molecule has 0 amide bonds. The maximum atomic E-state index is 13.5. The third kappa shape index (κ3) is 6.03. The molecule has 2 rings (SSSR count). The van der Waals surface area contributed by atoms with Gasteiger partial charge >= 0.3 is 18.4 Å². The second kappa shape index (κ2) is 10.4. The molecule has 0 aliphatic heterocycles. The Morgan fingerprint density at radius 1 is 0.750 bits per heavy atom. The van der Waals surface area contributed by atoms with E-state index in [0.717, 1.165) is 38.5 Å². The first-order valence-electron chi connectivity index (χ1n) is 10.9. The molecule has 2 saturated carbocycles. The molecule has 1 atom stereocenters. The molecule has 0 spiro atoms. The van der Waals surface area contributed by atoms with Gasteiger partial charge in [-0.25, -0.2) is 4.39 Å². The normalized spacial score (nSPS) is 24.8. The molecular weight excluding hydrogens is 451 g/mol. The minimum absolute atomic E-state index is 0.00362. The van der Waals surface area contributed by atoms with E-state index in [0.29, 0.717) is 24.7 Å². The summed E-state index contributed by atoms with van der Waals surface area (Å²) in [4.78, 5) is 0. The van der Waals surface area contributed by atoms with Crippen molar-refractivity contribution in [1.29, 1.82) is 0 Å². The molecule has 0 aromatic rings. The highest BCUT2D eigenvalue weighted by Crippen LogP contribution is 2.52. The van der Waals surface area contributed by atoms with Gasteiger partial charge in [0.2, 0.25) is 0 Å².